The molecule has 0 aromatic heterocycles. The van der Waals surface area contributed by atoms with Crippen LogP contribution in [-0.4, -0.2) is 12.5 Å². The fraction of sp³-hybridized carbons (Fsp3) is 0.500. The molecule has 0 atom stereocenters. The molecule has 0 unspecified atom stereocenters. The molecule has 0 radical (unpaired) electrons. The van der Waals surface area contributed by atoms with Gasteiger partial charge in [-0.2, -0.15) is 0 Å². The van der Waals surface area contributed by atoms with Crippen molar-refractivity contribution in [1.82, 2.24) is 0 Å². The Hall–Kier alpha value is -0.780. The molecule has 1 heterocycles. The van der Waals surface area contributed by atoms with Crippen molar-refractivity contribution in [2.45, 2.75) is 32.1 Å². The minimum Gasteiger partial charge on any atom is -0.382 e. The van der Waals surface area contributed by atoms with Gasteiger partial charge in [0.15, 0.2) is 0 Å². The van der Waals surface area contributed by atoms with Crippen LogP contribution in [0.3, 0.4) is 0 Å². The first kappa shape index (κ1) is 12.3. The first-order chi connectivity index (χ1) is 8.70. The molecular formula is C14H17IN2O. The van der Waals surface area contributed by atoms with Gasteiger partial charge in [0.2, 0.25) is 5.91 Å². The highest BCUT2D eigenvalue weighted by atomic mass is 127. The molecule has 1 aromatic rings. The van der Waals surface area contributed by atoms with Gasteiger partial charge in [-0.05, 0) is 53.6 Å². The van der Waals surface area contributed by atoms with Crippen molar-refractivity contribution >= 4 is 39.9 Å². The van der Waals surface area contributed by atoms with Gasteiger partial charge in [-0.25, -0.2) is 0 Å². The topological polar surface area (TPSA) is 41.1 Å². The molecule has 4 heteroatoms. The van der Waals surface area contributed by atoms with Crippen LogP contribution in [0.15, 0.2) is 18.2 Å². The lowest BCUT2D eigenvalue weighted by atomic mass is 9.73. The Morgan fingerprint density at radius 1 is 1.11 bits per heavy atom. The average molecular weight is 356 g/mol. The summed E-state index contributed by atoms with van der Waals surface area (Å²) in [6.07, 6.45) is 5.62. The average Bonchev–Trinajstić information content (AvgIpc) is 2.50. The normalized spacial score (nSPS) is 21.7. The maximum absolute atomic E-state index is 12.5. The monoisotopic (exact) mass is 356 g/mol. The Kier molecular flexibility index (Phi) is 3.21. The summed E-state index contributed by atoms with van der Waals surface area (Å²) in [5.74, 6) is 0.204. The lowest BCUT2D eigenvalue weighted by molar-refractivity contribution is -0.126. The van der Waals surface area contributed by atoms with Crippen molar-refractivity contribution in [3.8, 4) is 0 Å². The van der Waals surface area contributed by atoms with E-state index in [2.05, 4.69) is 45.4 Å². The van der Waals surface area contributed by atoms with Gasteiger partial charge in [0.1, 0.15) is 0 Å². The summed E-state index contributed by atoms with van der Waals surface area (Å²) in [6.45, 7) is 0.770. The van der Waals surface area contributed by atoms with Gasteiger partial charge in [-0.3, -0.25) is 4.79 Å². The number of halogens is 1. The van der Waals surface area contributed by atoms with Crippen LogP contribution in [0.5, 0.6) is 0 Å². The van der Waals surface area contributed by atoms with E-state index < -0.39 is 0 Å². The smallest absolute Gasteiger partial charge is 0.232 e. The molecule has 1 amide bonds. The number of nitrogens with one attached hydrogen (secondary N) is 2. The van der Waals surface area contributed by atoms with Crippen LogP contribution in [0, 0.1) is 8.99 Å². The number of carbonyl (C=O) groups excluding carboxylic acids is 1. The van der Waals surface area contributed by atoms with Crippen LogP contribution >= 0.6 is 22.6 Å². The summed E-state index contributed by atoms with van der Waals surface area (Å²) in [6, 6.07) is 6.15. The largest absolute Gasteiger partial charge is 0.382 e. The predicted molar refractivity (Wildman–Crippen MR) is 81.8 cm³/mol. The number of anilines is 2. The Balaban J connectivity index is 1.92. The van der Waals surface area contributed by atoms with E-state index in [9.17, 15) is 4.79 Å². The van der Waals surface area contributed by atoms with Crippen LogP contribution in [0.25, 0.3) is 0 Å². The number of amides is 1. The van der Waals surface area contributed by atoms with Gasteiger partial charge in [-0.15, -0.1) is 0 Å². The Bertz CT molecular complexity index is 481. The van der Waals surface area contributed by atoms with E-state index >= 15 is 0 Å². The summed E-state index contributed by atoms with van der Waals surface area (Å²) in [5.41, 5.74) is 1.78. The second kappa shape index (κ2) is 4.72. The predicted octanol–water partition coefficient (Wildman–Crippen LogP) is 3.61. The van der Waals surface area contributed by atoms with Gasteiger partial charge in [0.05, 0.1) is 16.8 Å². The molecular weight excluding hydrogens is 339 g/mol. The highest BCUT2D eigenvalue weighted by Crippen LogP contribution is 2.40. The van der Waals surface area contributed by atoms with E-state index in [0.29, 0.717) is 0 Å². The van der Waals surface area contributed by atoms with E-state index in [1.807, 2.05) is 6.07 Å². The third-order valence-electron chi connectivity index (χ3n) is 4.14. The maximum atomic E-state index is 12.5. The molecule has 0 saturated heterocycles. The molecule has 3 rings (SSSR count). The minimum atomic E-state index is -0.192. The van der Waals surface area contributed by atoms with E-state index in [-0.39, 0.29) is 11.3 Å². The first-order valence-corrected chi connectivity index (χ1v) is 7.62. The lowest BCUT2D eigenvalue weighted by Gasteiger charge is -2.34. The van der Waals surface area contributed by atoms with E-state index in [4.69, 9.17) is 0 Å². The molecule has 1 fully saturated rings. The summed E-state index contributed by atoms with van der Waals surface area (Å²) in [7, 11) is 0. The van der Waals surface area contributed by atoms with Gasteiger partial charge in [0.25, 0.3) is 0 Å². The highest BCUT2D eigenvalue weighted by molar-refractivity contribution is 14.1. The molecule has 0 bridgehead atoms. The number of hydrogen-bond donors (Lipinski definition) is 2. The minimum absolute atomic E-state index is 0.192. The maximum Gasteiger partial charge on any atom is 0.232 e. The molecule has 1 aromatic carbocycles. The van der Waals surface area contributed by atoms with Gasteiger partial charge in [-0.1, -0.05) is 19.3 Å². The van der Waals surface area contributed by atoms with Crippen molar-refractivity contribution in [3.05, 3.63) is 21.8 Å². The fourth-order valence-electron chi connectivity index (χ4n) is 3.01. The van der Waals surface area contributed by atoms with Crippen LogP contribution < -0.4 is 10.6 Å². The highest BCUT2D eigenvalue weighted by Gasteiger charge is 2.41. The second-order valence-electron chi connectivity index (χ2n) is 5.34. The van der Waals surface area contributed by atoms with Crippen LogP contribution in [0.2, 0.25) is 0 Å². The van der Waals surface area contributed by atoms with Crippen LogP contribution in [0.4, 0.5) is 11.4 Å². The first-order valence-electron chi connectivity index (χ1n) is 6.55. The second-order valence-corrected chi connectivity index (χ2v) is 6.58. The molecule has 1 aliphatic carbocycles. The van der Waals surface area contributed by atoms with Gasteiger partial charge >= 0.3 is 0 Å². The number of fused-ring (bicyclic) bond motifs is 1. The van der Waals surface area contributed by atoms with Crippen molar-refractivity contribution < 1.29 is 4.79 Å². The van der Waals surface area contributed by atoms with Crippen molar-refractivity contribution in [1.29, 1.82) is 0 Å². The Morgan fingerprint density at radius 2 is 1.89 bits per heavy atom. The van der Waals surface area contributed by atoms with Crippen molar-refractivity contribution in [2.75, 3.05) is 17.2 Å². The number of benzene rings is 1. The third-order valence-corrected chi connectivity index (χ3v) is 4.81. The van der Waals surface area contributed by atoms with E-state index in [1.165, 1.54) is 19.3 Å². The Labute approximate surface area is 121 Å². The zero-order valence-electron chi connectivity index (χ0n) is 10.3. The SMILES string of the molecule is O=C1Nc2cc(I)ccc2NCC12CCCCC2. The van der Waals surface area contributed by atoms with Crippen LogP contribution in [0.1, 0.15) is 32.1 Å². The zero-order valence-corrected chi connectivity index (χ0v) is 12.4. The molecule has 2 aliphatic rings. The Morgan fingerprint density at radius 3 is 2.67 bits per heavy atom. The summed E-state index contributed by atoms with van der Waals surface area (Å²) < 4.78 is 1.15. The number of rotatable bonds is 0. The molecule has 1 aliphatic heterocycles. The third kappa shape index (κ3) is 2.11. The van der Waals surface area contributed by atoms with Gasteiger partial charge < -0.3 is 10.6 Å². The molecule has 18 heavy (non-hydrogen) atoms. The van der Waals surface area contributed by atoms with Crippen LogP contribution in [-0.2, 0) is 4.79 Å². The fourth-order valence-corrected chi connectivity index (χ4v) is 3.50. The molecule has 2 N–H and O–H groups in total. The van der Waals surface area contributed by atoms with Crippen molar-refractivity contribution in [3.63, 3.8) is 0 Å². The molecule has 1 spiro atoms. The summed E-state index contributed by atoms with van der Waals surface area (Å²) in [4.78, 5) is 12.5. The zero-order chi connectivity index (χ0) is 12.6. The number of hydrogen-bond acceptors (Lipinski definition) is 2. The summed E-state index contributed by atoms with van der Waals surface area (Å²) >= 11 is 2.27. The molecule has 3 nitrogen and oxygen atoms in total. The van der Waals surface area contributed by atoms with E-state index in [0.717, 1.165) is 34.3 Å². The number of carbonyl (C=O) groups is 1. The molecule has 1 saturated carbocycles. The standard InChI is InChI=1S/C14H17IN2O/c15-10-4-5-11-12(8-10)17-13(18)14(9-16-11)6-2-1-3-7-14/h4-5,8,16H,1-3,6-7,9H2,(H,17,18). The molecule has 96 valence electrons. The van der Waals surface area contributed by atoms with E-state index in [1.54, 1.807) is 0 Å². The van der Waals surface area contributed by atoms with Gasteiger partial charge in [0, 0.05) is 10.1 Å². The lowest BCUT2D eigenvalue weighted by Crippen LogP contribution is -2.41. The quantitative estimate of drug-likeness (QED) is 0.698. The van der Waals surface area contributed by atoms with Crippen molar-refractivity contribution in [2.24, 2.45) is 5.41 Å². The summed E-state index contributed by atoms with van der Waals surface area (Å²) in [5, 5.41) is 6.57.